The van der Waals surface area contributed by atoms with Crippen LogP contribution in [0.5, 0.6) is 0 Å². The minimum absolute atomic E-state index is 0.0793. The Labute approximate surface area is 576 Å². The molecule has 8 aromatic carbocycles. The smallest absolute Gasteiger partial charge is 0.207 e. The minimum atomic E-state index is -2.93. The molecule has 0 aliphatic carbocycles. The predicted octanol–water partition coefficient (Wildman–Crippen LogP) is 20.4. The third-order valence-corrected chi connectivity index (χ3v) is 16.5. The van der Waals surface area contributed by atoms with Crippen molar-refractivity contribution in [3.63, 3.8) is 0 Å². The van der Waals surface area contributed by atoms with Crippen molar-refractivity contribution in [1.29, 1.82) is 0 Å². The van der Waals surface area contributed by atoms with Crippen molar-refractivity contribution in [3.05, 3.63) is 311 Å². The van der Waals surface area contributed by atoms with Gasteiger partial charge >= 0.3 is 0 Å². The molecule has 4 heterocycles. The Kier molecular flexibility index (Phi) is 16.8. The van der Waals surface area contributed by atoms with Gasteiger partial charge in [0.05, 0.1) is 0 Å². The molecule has 0 saturated carbocycles. The summed E-state index contributed by atoms with van der Waals surface area (Å²) in [5.41, 5.74) is 18.2. The number of aryl methyl sites for hydroxylation is 10. The molecule has 0 saturated heterocycles. The maximum absolute atomic E-state index is 14.6. The van der Waals surface area contributed by atoms with Crippen LogP contribution in [0.15, 0.2) is 243 Å². The van der Waals surface area contributed by atoms with Gasteiger partial charge < -0.3 is 0 Å². The Morgan fingerprint density at radius 3 is 1.03 bits per heavy atom. The van der Waals surface area contributed by atoms with Gasteiger partial charge in [0.25, 0.3) is 0 Å². The molecule has 4 aromatic heterocycles. The Morgan fingerprint density at radius 2 is 0.681 bits per heavy atom. The van der Waals surface area contributed by atoms with Crippen LogP contribution in [0.4, 0.5) is 17.6 Å². The number of benzene rings is 8. The van der Waals surface area contributed by atoms with Crippen molar-refractivity contribution in [2.24, 2.45) is 34.1 Å². The molecular weight excluding hydrogens is 1160 g/mol. The molecule has 8 heteroatoms. The Morgan fingerprint density at radius 1 is 0.362 bits per heavy atom. The lowest BCUT2D eigenvalue weighted by atomic mass is 9.96. The van der Waals surface area contributed by atoms with Crippen LogP contribution in [0, 0.1) is 63.7 Å². The summed E-state index contributed by atoms with van der Waals surface area (Å²) >= 11 is 0. The van der Waals surface area contributed by atoms with E-state index in [0.29, 0.717) is 16.7 Å². The van der Waals surface area contributed by atoms with Crippen molar-refractivity contribution in [3.8, 4) is 89.5 Å². The van der Waals surface area contributed by atoms with Gasteiger partial charge in [0.15, 0.2) is 24.8 Å². The normalized spacial score (nSPS) is 15.2. The number of pyridine rings is 4. The third kappa shape index (κ3) is 16.6. The lowest BCUT2D eigenvalue weighted by Gasteiger charge is -2.11. The fourth-order valence-electron chi connectivity index (χ4n) is 11.1. The number of hydrogen-bond acceptors (Lipinski definition) is 0. The first-order valence-electron chi connectivity index (χ1n) is 38.3. The number of hydrogen-bond donors (Lipinski definition) is 0. The minimum Gasteiger partial charge on any atom is -0.207 e. The molecule has 2 unspecified atom stereocenters. The maximum atomic E-state index is 14.6. The van der Waals surface area contributed by atoms with Gasteiger partial charge in [-0.05, 0) is 221 Å². The largest absolute Gasteiger partial charge is 0.213 e. The summed E-state index contributed by atoms with van der Waals surface area (Å²) in [6.07, 6.45) is 3.22. The fourth-order valence-corrected chi connectivity index (χ4v) is 11.1. The summed E-state index contributed by atoms with van der Waals surface area (Å²) in [7, 11) is 7.83. The molecule has 0 bridgehead atoms. The highest BCUT2D eigenvalue weighted by molar-refractivity contribution is 5.74. The van der Waals surface area contributed by atoms with E-state index in [0.717, 1.165) is 103 Å². The van der Waals surface area contributed by atoms with Gasteiger partial charge in [-0.1, -0.05) is 132 Å². The molecular formula is C86H88F4N4+4. The standard InChI is InChI=1S/C23H25FN.C22H23FN.C21H21FN.C20H19FN/c1-16(2)13-20-14-18(9-10-22(20)24)19-11-12-25(4)23(15-19)21-8-6-5-7-17(21)3;1-15(2)20-13-17(9-10-21(20)23)18-11-12-24(4)22(14-18)19-8-6-5-7-16(19)3;1-4-16-13-17(9-10-20(16)22)18-11-12-23(3)21(14-18)19-8-6-5-7-15(19)2;1-14-6-4-5-7-18(14)20-13-17(10-11-22(20)3)16-8-9-19(21)15(2)12-16/h5-12,14-16H,13H2,1-4H3;5-15H,1-4H3;5-14H,4H2,1-3H3;4-13H,1-3H3/q4*+1/i1D3,13D2,16D;1D3,15D;4D2;2D3. The van der Waals surface area contributed by atoms with E-state index in [2.05, 4.69) is 29.7 Å². The topological polar surface area (TPSA) is 15.5 Å². The highest BCUT2D eigenvalue weighted by Crippen LogP contribution is 2.33. The number of rotatable bonds is 12. The molecule has 12 rings (SSSR count). The van der Waals surface area contributed by atoms with E-state index in [1.54, 1.807) is 24.3 Å². The van der Waals surface area contributed by atoms with Crippen LogP contribution >= 0.6 is 0 Å². The van der Waals surface area contributed by atoms with Crippen molar-refractivity contribution < 1.29 is 56.4 Å². The molecule has 0 spiro atoms. The third-order valence-electron chi connectivity index (χ3n) is 16.5. The van der Waals surface area contributed by atoms with Crippen molar-refractivity contribution >= 4 is 0 Å². The van der Waals surface area contributed by atoms with Crippen LogP contribution in [-0.2, 0) is 40.9 Å². The second kappa shape index (κ2) is 31.1. The molecule has 0 fully saturated rings. The monoisotopic (exact) mass is 1270 g/mol. The molecule has 476 valence electrons. The number of aromatic nitrogens is 4. The summed E-state index contributed by atoms with van der Waals surface area (Å²) in [4.78, 5) is 0. The lowest BCUT2D eigenvalue weighted by molar-refractivity contribution is -0.660. The quantitative estimate of drug-likeness (QED) is 0.0856. The number of halogens is 4. The van der Waals surface area contributed by atoms with Gasteiger partial charge in [-0.2, -0.15) is 0 Å². The van der Waals surface area contributed by atoms with Gasteiger partial charge in [0.1, 0.15) is 51.5 Å². The molecule has 0 N–H and O–H groups in total. The zero-order valence-electron chi connectivity index (χ0n) is 69.9. The summed E-state index contributed by atoms with van der Waals surface area (Å²) in [6.45, 7) is 3.71. The van der Waals surface area contributed by atoms with E-state index in [9.17, 15) is 17.6 Å². The first-order valence-corrected chi connectivity index (χ1v) is 30.8. The Bertz CT molecular complexity index is 5160. The highest BCUT2D eigenvalue weighted by atomic mass is 19.1. The Balaban J connectivity index is 0.000000168. The summed E-state index contributed by atoms with van der Waals surface area (Å²) in [6, 6.07) is 65.0. The zero-order valence-corrected chi connectivity index (χ0v) is 54.9. The zero-order chi connectivity index (χ0) is 80.3. The number of nitrogens with zero attached hydrogens (tertiary/aromatic N) is 4. The second-order valence-corrected chi connectivity index (χ2v) is 23.3. The van der Waals surface area contributed by atoms with Gasteiger partial charge in [-0.25, -0.2) is 35.8 Å². The summed E-state index contributed by atoms with van der Waals surface area (Å²) in [5.74, 6) is -7.35. The molecule has 4 nitrogen and oxygen atoms in total. The summed E-state index contributed by atoms with van der Waals surface area (Å²) in [5, 5.41) is 0. The van der Waals surface area contributed by atoms with Crippen LogP contribution < -0.4 is 18.3 Å². The van der Waals surface area contributed by atoms with Crippen LogP contribution in [0.1, 0.15) is 105 Å². The molecule has 0 amide bonds. The van der Waals surface area contributed by atoms with E-state index in [4.69, 9.17) is 20.6 Å². The van der Waals surface area contributed by atoms with Crippen LogP contribution in [-0.4, -0.2) is 0 Å². The molecule has 2 atom stereocenters. The van der Waals surface area contributed by atoms with Crippen LogP contribution in [0.25, 0.3) is 89.5 Å². The Hall–Kier alpha value is -9.92. The highest BCUT2D eigenvalue weighted by Gasteiger charge is 2.20. The SMILES string of the molecule is [2H]C([2H])(C)c1cc(-c2cc[n+](C)c(-c3ccccc3C)c2)ccc1F.[2H]C([2H])([2H])C([2H])(C)C([2H])([2H])c1cc(-c2cc[n+](C)c(-c3ccccc3C)c2)ccc1F.[2H]C([2H])([2H])C([2H])(C)c1cc(-c2cc[n+](C)c(-c3ccccc3C)c2)ccc1F.[2H]C([2H])([2H])c1cc(-c2cc[n+](C)c(-c3ccccc3C)c2)ccc1F. The van der Waals surface area contributed by atoms with E-state index >= 15 is 0 Å². The molecule has 12 aromatic rings. The van der Waals surface area contributed by atoms with Crippen LogP contribution in [0.2, 0.25) is 0 Å². The van der Waals surface area contributed by atoms with E-state index in [-0.39, 0.29) is 16.7 Å². The van der Waals surface area contributed by atoms with Gasteiger partial charge in [0.2, 0.25) is 22.8 Å². The predicted molar refractivity (Wildman–Crippen MR) is 379 cm³/mol. The maximum Gasteiger partial charge on any atom is 0.213 e. The molecule has 0 radical (unpaired) electrons. The lowest BCUT2D eigenvalue weighted by Crippen LogP contribution is -2.30. The fraction of sp³-hybridized carbons (Fsp3) is 0.209. The summed E-state index contributed by atoms with van der Waals surface area (Å²) < 4.78 is 182. The van der Waals surface area contributed by atoms with Crippen molar-refractivity contribution in [1.82, 2.24) is 0 Å². The van der Waals surface area contributed by atoms with E-state index < -0.39 is 73.9 Å². The van der Waals surface area contributed by atoms with Crippen molar-refractivity contribution in [2.45, 2.75) is 87.7 Å². The first kappa shape index (κ1) is 50.6. The molecule has 0 aliphatic heterocycles. The van der Waals surface area contributed by atoms with Gasteiger partial charge in [0, 0.05) is 91.3 Å². The van der Waals surface area contributed by atoms with Gasteiger partial charge in [-0.15, -0.1) is 0 Å². The molecule has 94 heavy (non-hydrogen) atoms. The van der Waals surface area contributed by atoms with E-state index in [1.807, 2.05) is 215 Å². The van der Waals surface area contributed by atoms with Gasteiger partial charge in [-0.3, -0.25) is 0 Å². The van der Waals surface area contributed by atoms with Crippen molar-refractivity contribution in [2.75, 3.05) is 0 Å². The molecule has 0 aliphatic rings. The van der Waals surface area contributed by atoms with E-state index in [1.165, 1.54) is 61.9 Å². The first-order chi connectivity index (χ1) is 50.8. The average molecular weight is 1270 g/mol. The average Bonchev–Trinajstić information content (AvgIpc) is 0.726. The second-order valence-electron chi connectivity index (χ2n) is 23.3. The van der Waals surface area contributed by atoms with Crippen LogP contribution in [0.3, 0.4) is 0 Å².